The molecule has 0 spiro atoms. The Labute approximate surface area is 78.3 Å². The van der Waals surface area contributed by atoms with Gasteiger partial charge in [0.1, 0.15) is 0 Å². The van der Waals surface area contributed by atoms with Crippen LogP contribution in [0.3, 0.4) is 0 Å². The SMILES string of the molecule is CC(C)(CN)C12OCC(CO1)CO2. The Morgan fingerprint density at radius 3 is 2.08 bits per heavy atom. The Bertz CT molecular complexity index is 183. The van der Waals surface area contributed by atoms with Crippen LogP contribution < -0.4 is 5.73 Å². The summed E-state index contributed by atoms with van der Waals surface area (Å²) >= 11 is 0. The molecule has 0 saturated carbocycles. The maximum absolute atomic E-state index is 5.68. The summed E-state index contributed by atoms with van der Waals surface area (Å²) in [6, 6.07) is 0. The molecule has 3 heterocycles. The van der Waals surface area contributed by atoms with Gasteiger partial charge in [0.15, 0.2) is 0 Å². The van der Waals surface area contributed by atoms with E-state index in [0.29, 0.717) is 12.5 Å². The number of hydrogen-bond acceptors (Lipinski definition) is 4. The predicted molar refractivity (Wildman–Crippen MR) is 46.9 cm³/mol. The first kappa shape index (κ1) is 9.40. The predicted octanol–water partition coefficient (Wildman–Crippen LogP) is 0.318. The largest absolute Gasteiger partial charge is 0.330 e. The number of rotatable bonds is 2. The van der Waals surface area contributed by atoms with E-state index in [-0.39, 0.29) is 5.41 Å². The van der Waals surface area contributed by atoms with Crippen LogP contribution in [-0.2, 0) is 14.2 Å². The molecule has 0 aromatic heterocycles. The summed E-state index contributed by atoms with van der Waals surface area (Å²) in [5.74, 6) is -0.494. The maximum Gasteiger partial charge on any atom is 0.289 e. The van der Waals surface area contributed by atoms with Gasteiger partial charge in [0.25, 0.3) is 5.97 Å². The van der Waals surface area contributed by atoms with Crippen molar-refractivity contribution in [2.45, 2.75) is 19.8 Å². The summed E-state index contributed by atoms with van der Waals surface area (Å²) in [6.07, 6.45) is 0. The highest BCUT2D eigenvalue weighted by Gasteiger charge is 2.54. The Morgan fingerprint density at radius 2 is 1.69 bits per heavy atom. The summed E-state index contributed by atoms with van der Waals surface area (Å²) < 4.78 is 16.8. The molecule has 13 heavy (non-hydrogen) atoms. The van der Waals surface area contributed by atoms with E-state index in [2.05, 4.69) is 0 Å². The van der Waals surface area contributed by atoms with Gasteiger partial charge in [-0.2, -0.15) is 0 Å². The average molecular weight is 187 g/mol. The van der Waals surface area contributed by atoms with Crippen LogP contribution in [0.5, 0.6) is 0 Å². The fourth-order valence-corrected chi connectivity index (χ4v) is 1.66. The summed E-state index contributed by atoms with van der Waals surface area (Å²) in [7, 11) is 0. The molecule has 0 amide bonds. The Balaban J connectivity index is 2.18. The van der Waals surface area contributed by atoms with Crippen molar-refractivity contribution >= 4 is 0 Å². The Hall–Kier alpha value is -0.160. The monoisotopic (exact) mass is 187 g/mol. The molecule has 0 atom stereocenters. The molecule has 0 unspecified atom stereocenters. The van der Waals surface area contributed by atoms with E-state index in [1.165, 1.54) is 0 Å². The van der Waals surface area contributed by atoms with Crippen molar-refractivity contribution in [1.29, 1.82) is 0 Å². The first-order chi connectivity index (χ1) is 6.10. The third-order valence-corrected chi connectivity index (χ3v) is 2.87. The molecule has 3 fully saturated rings. The maximum atomic E-state index is 5.68. The minimum absolute atomic E-state index is 0.293. The van der Waals surface area contributed by atoms with Gasteiger partial charge in [0.05, 0.1) is 25.2 Å². The van der Waals surface area contributed by atoms with Gasteiger partial charge in [-0.15, -0.1) is 0 Å². The molecule has 3 aliphatic heterocycles. The fraction of sp³-hybridized carbons (Fsp3) is 1.00. The number of ether oxygens (including phenoxy) is 3. The lowest BCUT2D eigenvalue weighted by Gasteiger charge is -2.52. The highest BCUT2D eigenvalue weighted by atomic mass is 16.9. The van der Waals surface area contributed by atoms with Crippen molar-refractivity contribution in [3.63, 3.8) is 0 Å². The van der Waals surface area contributed by atoms with Crippen LogP contribution >= 0.6 is 0 Å². The summed E-state index contributed by atoms with van der Waals surface area (Å²) in [4.78, 5) is 0. The molecule has 0 aromatic rings. The zero-order valence-corrected chi connectivity index (χ0v) is 8.21. The van der Waals surface area contributed by atoms with Crippen LogP contribution in [0.15, 0.2) is 0 Å². The molecule has 3 rings (SSSR count). The van der Waals surface area contributed by atoms with Crippen molar-refractivity contribution in [2.24, 2.45) is 17.1 Å². The highest BCUT2D eigenvalue weighted by Crippen LogP contribution is 2.42. The van der Waals surface area contributed by atoms with Crippen LogP contribution in [0.4, 0.5) is 0 Å². The van der Waals surface area contributed by atoms with E-state index in [4.69, 9.17) is 19.9 Å². The number of nitrogens with two attached hydrogens (primary N) is 1. The molecule has 0 aromatic carbocycles. The van der Waals surface area contributed by atoms with E-state index >= 15 is 0 Å². The van der Waals surface area contributed by atoms with Crippen LogP contribution in [0, 0.1) is 11.3 Å². The van der Waals surface area contributed by atoms with Crippen molar-refractivity contribution in [1.82, 2.24) is 0 Å². The molecular weight excluding hydrogens is 170 g/mol. The van der Waals surface area contributed by atoms with E-state index in [0.717, 1.165) is 19.8 Å². The van der Waals surface area contributed by atoms with Gasteiger partial charge in [-0.05, 0) is 0 Å². The first-order valence-electron chi connectivity index (χ1n) is 4.71. The standard InChI is InChI=1S/C9H17NO3/c1-8(2,6-10)9-11-3-7(4-12-9)5-13-9/h7H,3-6,10H2,1-2H3. The Kier molecular flexibility index (Phi) is 2.11. The molecule has 4 heteroatoms. The van der Waals surface area contributed by atoms with E-state index in [1.54, 1.807) is 0 Å². The first-order valence-corrected chi connectivity index (χ1v) is 4.71. The molecule has 2 bridgehead atoms. The minimum atomic E-state index is -0.892. The summed E-state index contributed by atoms with van der Waals surface area (Å²) in [6.45, 7) is 6.66. The minimum Gasteiger partial charge on any atom is -0.330 e. The zero-order chi connectivity index (χ0) is 9.53. The van der Waals surface area contributed by atoms with E-state index in [1.807, 2.05) is 13.8 Å². The molecule has 4 nitrogen and oxygen atoms in total. The lowest BCUT2D eigenvalue weighted by atomic mass is 9.88. The van der Waals surface area contributed by atoms with Crippen molar-refractivity contribution in [2.75, 3.05) is 26.4 Å². The smallest absolute Gasteiger partial charge is 0.289 e. The van der Waals surface area contributed by atoms with Crippen LogP contribution in [0.2, 0.25) is 0 Å². The molecular formula is C9H17NO3. The number of fused-ring (bicyclic) bond motifs is 3. The molecule has 0 radical (unpaired) electrons. The van der Waals surface area contributed by atoms with E-state index in [9.17, 15) is 0 Å². The molecule has 3 saturated heterocycles. The van der Waals surface area contributed by atoms with Crippen molar-refractivity contribution in [3.8, 4) is 0 Å². The van der Waals surface area contributed by atoms with E-state index < -0.39 is 5.97 Å². The molecule has 76 valence electrons. The number of hydrogen-bond donors (Lipinski definition) is 1. The lowest BCUT2D eigenvalue weighted by Crippen LogP contribution is -2.63. The second kappa shape index (κ2) is 2.92. The molecule has 0 aliphatic carbocycles. The van der Waals surface area contributed by atoms with Crippen molar-refractivity contribution < 1.29 is 14.2 Å². The normalized spacial score (nSPS) is 39.5. The fourth-order valence-electron chi connectivity index (χ4n) is 1.66. The second-order valence-corrected chi connectivity index (χ2v) is 4.44. The molecule has 2 N–H and O–H groups in total. The Morgan fingerprint density at radius 1 is 1.23 bits per heavy atom. The summed E-state index contributed by atoms with van der Waals surface area (Å²) in [5.41, 5.74) is 5.38. The van der Waals surface area contributed by atoms with Gasteiger partial charge in [-0.1, -0.05) is 13.8 Å². The lowest BCUT2D eigenvalue weighted by molar-refractivity contribution is -0.482. The van der Waals surface area contributed by atoms with Gasteiger partial charge < -0.3 is 19.9 Å². The molecule has 3 aliphatic rings. The van der Waals surface area contributed by atoms with Crippen molar-refractivity contribution in [3.05, 3.63) is 0 Å². The topological polar surface area (TPSA) is 53.7 Å². The van der Waals surface area contributed by atoms with Gasteiger partial charge >= 0.3 is 0 Å². The quantitative estimate of drug-likeness (QED) is 0.676. The van der Waals surface area contributed by atoms with Gasteiger partial charge in [0, 0.05) is 12.5 Å². The van der Waals surface area contributed by atoms with Gasteiger partial charge in [-0.25, -0.2) is 0 Å². The van der Waals surface area contributed by atoms with Crippen LogP contribution in [0.25, 0.3) is 0 Å². The third-order valence-electron chi connectivity index (χ3n) is 2.87. The van der Waals surface area contributed by atoms with Gasteiger partial charge in [0.2, 0.25) is 0 Å². The highest BCUT2D eigenvalue weighted by molar-refractivity contribution is 4.87. The van der Waals surface area contributed by atoms with Crippen LogP contribution in [-0.4, -0.2) is 32.3 Å². The zero-order valence-electron chi connectivity index (χ0n) is 8.21. The van der Waals surface area contributed by atoms with Gasteiger partial charge in [-0.3, -0.25) is 0 Å². The van der Waals surface area contributed by atoms with Crippen LogP contribution in [0.1, 0.15) is 13.8 Å². The second-order valence-electron chi connectivity index (χ2n) is 4.44. The average Bonchev–Trinajstić information content (AvgIpc) is 2.20. The summed E-state index contributed by atoms with van der Waals surface area (Å²) in [5, 5.41) is 0. The third kappa shape index (κ3) is 1.29.